The first-order valence-electron chi connectivity index (χ1n) is 7.82. The zero-order chi connectivity index (χ0) is 17.0. The first kappa shape index (κ1) is 17.2. The minimum Gasteiger partial charge on any atom is -0.481 e. The number of rotatable bonds is 4. The summed E-state index contributed by atoms with van der Waals surface area (Å²) in [6.07, 6.45) is 0.943. The van der Waals surface area contributed by atoms with E-state index < -0.39 is 11.4 Å². The van der Waals surface area contributed by atoms with Gasteiger partial charge in [0.25, 0.3) is 0 Å². The largest absolute Gasteiger partial charge is 0.481 e. The standard InChI is InChI=1S/C17H23FN2O3/c1-17(2,13-5-3-4-6-14(13)18)11-19-16(23)20-9-7-12(8-10-20)15(21)22/h3-6,12H,7-11H2,1-2H3,(H,19,23)(H,21,22). The number of piperidine rings is 1. The van der Waals surface area contributed by atoms with E-state index in [9.17, 15) is 14.0 Å². The van der Waals surface area contributed by atoms with Crippen molar-refractivity contribution in [1.29, 1.82) is 0 Å². The molecular formula is C17H23FN2O3. The molecule has 0 saturated carbocycles. The Balaban J connectivity index is 1.89. The fraction of sp³-hybridized carbons (Fsp3) is 0.529. The van der Waals surface area contributed by atoms with Crippen LogP contribution in [0.25, 0.3) is 0 Å². The summed E-state index contributed by atoms with van der Waals surface area (Å²) in [6, 6.07) is 6.33. The van der Waals surface area contributed by atoms with Gasteiger partial charge in [0.1, 0.15) is 5.82 Å². The highest BCUT2D eigenvalue weighted by Crippen LogP contribution is 2.25. The molecule has 1 saturated heterocycles. The van der Waals surface area contributed by atoms with E-state index in [1.54, 1.807) is 23.1 Å². The molecular weight excluding hydrogens is 299 g/mol. The van der Waals surface area contributed by atoms with Crippen LogP contribution in [0.2, 0.25) is 0 Å². The fourth-order valence-electron chi connectivity index (χ4n) is 2.84. The number of amides is 2. The lowest BCUT2D eigenvalue weighted by molar-refractivity contribution is -0.143. The zero-order valence-electron chi connectivity index (χ0n) is 13.5. The van der Waals surface area contributed by atoms with E-state index in [1.165, 1.54) is 6.07 Å². The highest BCUT2D eigenvalue weighted by atomic mass is 19.1. The van der Waals surface area contributed by atoms with Crippen molar-refractivity contribution in [1.82, 2.24) is 10.2 Å². The number of likely N-dealkylation sites (tertiary alicyclic amines) is 1. The average Bonchev–Trinajstić information content (AvgIpc) is 2.53. The second-order valence-electron chi connectivity index (χ2n) is 6.62. The first-order chi connectivity index (χ1) is 10.8. The van der Waals surface area contributed by atoms with Gasteiger partial charge in [0.15, 0.2) is 0 Å². The predicted molar refractivity (Wildman–Crippen MR) is 84.8 cm³/mol. The summed E-state index contributed by atoms with van der Waals surface area (Å²) in [7, 11) is 0. The maximum atomic E-state index is 13.9. The Hall–Kier alpha value is -2.11. The van der Waals surface area contributed by atoms with Crippen molar-refractivity contribution in [3.8, 4) is 0 Å². The molecule has 0 aromatic heterocycles. The molecule has 0 bridgehead atoms. The number of benzene rings is 1. The number of aliphatic carboxylic acids is 1. The molecule has 1 aromatic carbocycles. The number of carbonyl (C=O) groups is 2. The van der Waals surface area contributed by atoms with Crippen LogP contribution in [-0.4, -0.2) is 41.6 Å². The summed E-state index contributed by atoms with van der Waals surface area (Å²) in [6.45, 7) is 4.93. The molecule has 1 fully saturated rings. The highest BCUT2D eigenvalue weighted by Gasteiger charge is 2.29. The molecule has 1 aliphatic heterocycles. The average molecular weight is 322 g/mol. The molecule has 6 heteroatoms. The molecule has 2 rings (SSSR count). The van der Waals surface area contributed by atoms with E-state index >= 15 is 0 Å². The smallest absolute Gasteiger partial charge is 0.317 e. The van der Waals surface area contributed by atoms with Gasteiger partial charge in [-0.1, -0.05) is 32.0 Å². The molecule has 0 aliphatic carbocycles. The van der Waals surface area contributed by atoms with Crippen LogP contribution in [-0.2, 0) is 10.2 Å². The van der Waals surface area contributed by atoms with Crippen molar-refractivity contribution in [2.75, 3.05) is 19.6 Å². The molecule has 0 radical (unpaired) electrons. The number of carboxylic acids is 1. The third-order valence-electron chi connectivity index (χ3n) is 4.42. The number of carboxylic acid groups (broad SMARTS) is 1. The van der Waals surface area contributed by atoms with Crippen LogP contribution in [0.1, 0.15) is 32.3 Å². The van der Waals surface area contributed by atoms with Crippen molar-refractivity contribution >= 4 is 12.0 Å². The van der Waals surface area contributed by atoms with E-state index in [-0.39, 0.29) is 17.8 Å². The molecule has 2 amide bonds. The number of hydrogen-bond donors (Lipinski definition) is 2. The van der Waals surface area contributed by atoms with Gasteiger partial charge in [-0.15, -0.1) is 0 Å². The van der Waals surface area contributed by atoms with Gasteiger partial charge in [-0.25, -0.2) is 9.18 Å². The number of hydrogen-bond acceptors (Lipinski definition) is 2. The van der Waals surface area contributed by atoms with Crippen molar-refractivity contribution < 1.29 is 19.1 Å². The SMILES string of the molecule is CC(C)(CNC(=O)N1CCC(C(=O)O)CC1)c1ccccc1F. The van der Waals surface area contributed by atoms with Gasteiger partial charge in [-0.3, -0.25) is 4.79 Å². The minimum atomic E-state index is -0.800. The molecule has 5 nitrogen and oxygen atoms in total. The van der Waals surface area contributed by atoms with Gasteiger partial charge in [-0.2, -0.15) is 0 Å². The fourth-order valence-corrected chi connectivity index (χ4v) is 2.84. The Kier molecular flexibility index (Phi) is 5.23. The molecule has 23 heavy (non-hydrogen) atoms. The first-order valence-corrected chi connectivity index (χ1v) is 7.82. The van der Waals surface area contributed by atoms with Gasteiger partial charge in [0.05, 0.1) is 5.92 Å². The molecule has 1 aliphatic rings. The maximum Gasteiger partial charge on any atom is 0.317 e. The van der Waals surface area contributed by atoms with Crippen LogP contribution < -0.4 is 5.32 Å². The second kappa shape index (κ2) is 6.98. The topological polar surface area (TPSA) is 69.6 Å². The van der Waals surface area contributed by atoms with Gasteiger partial charge >= 0.3 is 12.0 Å². The minimum absolute atomic E-state index is 0.224. The van der Waals surface area contributed by atoms with Crippen molar-refractivity contribution in [3.05, 3.63) is 35.6 Å². The number of nitrogens with one attached hydrogen (secondary N) is 1. The van der Waals surface area contributed by atoms with E-state index in [4.69, 9.17) is 5.11 Å². The van der Waals surface area contributed by atoms with Crippen LogP contribution in [0.15, 0.2) is 24.3 Å². The highest BCUT2D eigenvalue weighted by molar-refractivity contribution is 5.75. The Bertz CT molecular complexity index is 581. The van der Waals surface area contributed by atoms with Crippen molar-refractivity contribution in [2.45, 2.75) is 32.1 Å². The molecule has 1 heterocycles. The van der Waals surface area contributed by atoms with Crippen LogP contribution in [0.3, 0.4) is 0 Å². The second-order valence-corrected chi connectivity index (χ2v) is 6.62. The van der Waals surface area contributed by atoms with Gasteiger partial charge in [0.2, 0.25) is 0 Å². The van der Waals surface area contributed by atoms with Crippen LogP contribution in [0.4, 0.5) is 9.18 Å². The van der Waals surface area contributed by atoms with Crippen LogP contribution >= 0.6 is 0 Å². The number of halogens is 1. The molecule has 0 atom stereocenters. The normalized spacial score (nSPS) is 16.2. The number of carbonyl (C=O) groups excluding carboxylic acids is 1. The zero-order valence-corrected chi connectivity index (χ0v) is 13.5. The summed E-state index contributed by atoms with van der Waals surface area (Å²) in [4.78, 5) is 24.8. The Morgan fingerprint density at radius 3 is 2.48 bits per heavy atom. The predicted octanol–water partition coefficient (Wildman–Crippen LogP) is 2.61. The quantitative estimate of drug-likeness (QED) is 0.895. The molecule has 126 valence electrons. The van der Waals surface area contributed by atoms with E-state index in [2.05, 4.69) is 5.32 Å². The lowest BCUT2D eigenvalue weighted by Gasteiger charge is -2.32. The lowest BCUT2D eigenvalue weighted by atomic mass is 9.84. The van der Waals surface area contributed by atoms with Gasteiger partial charge in [-0.05, 0) is 24.5 Å². The lowest BCUT2D eigenvalue weighted by Crippen LogP contribution is -2.48. The number of urea groups is 1. The van der Waals surface area contributed by atoms with E-state index in [0.29, 0.717) is 38.0 Å². The van der Waals surface area contributed by atoms with Crippen molar-refractivity contribution in [3.63, 3.8) is 0 Å². The van der Waals surface area contributed by atoms with Crippen LogP contribution in [0, 0.1) is 11.7 Å². The maximum absolute atomic E-state index is 13.9. The van der Waals surface area contributed by atoms with Crippen LogP contribution in [0.5, 0.6) is 0 Å². The van der Waals surface area contributed by atoms with E-state index in [0.717, 1.165) is 0 Å². The third kappa shape index (κ3) is 4.21. The molecule has 0 spiro atoms. The molecule has 1 aromatic rings. The van der Waals surface area contributed by atoms with Gasteiger partial charge < -0.3 is 15.3 Å². The third-order valence-corrected chi connectivity index (χ3v) is 4.42. The van der Waals surface area contributed by atoms with E-state index in [1.807, 2.05) is 13.8 Å². The summed E-state index contributed by atoms with van der Waals surface area (Å²) in [5, 5.41) is 11.8. The Morgan fingerprint density at radius 2 is 1.91 bits per heavy atom. The molecule has 0 unspecified atom stereocenters. The Labute approximate surface area is 135 Å². The summed E-state index contributed by atoms with van der Waals surface area (Å²) < 4.78 is 13.9. The summed E-state index contributed by atoms with van der Waals surface area (Å²) >= 11 is 0. The Morgan fingerprint density at radius 1 is 1.30 bits per heavy atom. The monoisotopic (exact) mass is 322 g/mol. The summed E-state index contributed by atoms with van der Waals surface area (Å²) in [5.74, 6) is -1.45. The molecule has 2 N–H and O–H groups in total. The summed E-state index contributed by atoms with van der Waals surface area (Å²) in [5.41, 5.74) is 0.0327. The number of nitrogens with zero attached hydrogens (tertiary/aromatic N) is 1. The van der Waals surface area contributed by atoms with Crippen molar-refractivity contribution in [2.24, 2.45) is 5.92 Å². The van der Waals surface area contributed by atoms with Gasteiger partial charge in [0, 0.05) is 25.0 Å².